The Labute approximate surface area is 42.5 Å². The molecular formula is C2H5IO3. The molecule has 0 fully saturated rings. The molecular weight excluding hydrogens is 199 g/mol. The van der Waals surface area contributed by atoms with Crippen molar-refractivity contribution in [2.24, 2.45) is 0 Å². The Hall–Kier alpha value is 0.290. The monoisotopic (exact) mass is 204 g/mol. The van der Waals surface area contributed by atoms with Gasteiger partial charge in [0.05, 0.1) is 0 Å². The van der Waals surface area contributed by atoms with Crippen LogP contribution in [0.1, 0.15) is 6.92 Å². The molecule has 0 aromatic heterocycles. The van der Waals surface area contributed by atoms with Gasteiger partial charge in [-0.25, -0.2) is 6.14 Å². The van der Waals surface area contributed by atoms with Gasteiger partial charge in [0.25, 0.3) is 0 Å². The van der Waals surface area contributed by atoms with E-state index in [0.29, 0.717) is 0 Å². The number of aliphatic hydroxyl groups excluding tert-OH is 1. The molecule has 0 aliphatic carbocycles. The summed E-state index contributed by atoms with van der Waals surface area (Å²) in [6.07, 6.45) is 0. The average Bonchev–Trinajstić information content (AvgIpc) is 1.36. The van der Waals surface area contributed by atoms with Crippen molar-refractivity contribution in [3.05, 3.63) is 0 Å². The first-order valence-corrected chi connectivity index (χ1v) is 4.37. The summed E-state index contributed by atoms with van der Waals surface area (Å²) in [5.41, 5.74) is 0. The summed E-state index contributed by atoms with van der Waals surface area (Å²) in [6, 6.07) is 0. The van der Waals surface area contributed by atoms with E-state index in [1.54, 1.807) is 0 Å². The summed E-state index contributed by atoms with van der Waals surface area (Å²) in [5.74, 6) is 0. The van der Waals surface area contributed by atoms with Gasteiger partial charge in [0.15, 0.2) is 4.11 Å². The predicted octanol–water partition coefficient (Wildman–Crippen LogP) is 0.522. The highest BCUT2D eigenvalue weighted by Gasteiger charge is 1.96. The number of hydrogen-bond acceptors (Lipinski definition) is 3. The van der Waals surface area contributed by atoms with Crippen molar-refractivity contribution < 1.29 is 11.2 Å². The van der Waals surface area contributed by atoms with Crippen molar-refractivity contribution in [2.45, 2.75) is 11.0 Å². The zero-order chi connectivity index (χ0) is 5.15. The molecule has 1 atom stereocenters. The summed E-state index contributed by atoms with van der Waals surface area (Å²) in [5, 5.41) is 8.07. The molecule has 0 amide bonds. The maximum absolute atomic E-state index is 9.58. The van der Waals surface area contributed by atoms with E-state index in [4.69, 9.17) is 5.11 Å². The first-order chi connectivity index (χ1) is 2.64. The summed E-state index contributed by atoms with van der Waals surface area (Å²) in [7, 11) is 0. The van der Waals surface area contributed by atoms with Gasteiger partial charge in [-0.15, -0.1) is 0 Å². The highest BCUT2D eigenvalue weighted by atomic mass is 127. The van der Waals surface area contributed by atoms with Crippen molar-refractivity contribution in [1.82, 2.24) is 0 Å². The van der Waals surface area contributed by atoms with Crippen LogP contribution in [-0.2, 0) is 6.14 Å². The van der Waals surface area contributed by atoms with Gasteiger partial charge in [0, 0.05) is 0 Å². The topological polar surface area (TPSA) is 54.4 Å². The standard InChI is InChI=1S/C2H5IO3/c1-2(4)3(5)6/h2,4H,1H3. The van der Waals surface area contributed by atoms with Gasteiger partial charge >= 0.3 is 19.8 Å². The molecule has 0 aliphatic rings. The lowest BCUT2D eigenvalue weighted by atomic mass is 10.9. The van der Waals surface area contributed by atoms with Crippen LogP contribution in [-0.4, -0.2) is 9.22 Å². The molecule has 0 saturated heterocycles. The highest BCUT2D eigenvalue weighted by Crippen LogP contribution is 2.08. The highest BCUT2D eigenvalue weighted by molar-refractivity contribution is 14.2. The second-order valence-electron chi connectivity index (χ2n) is 0.815. The van der Waals surface area contributed by atoms with Crippen LogP contribution in [0.4, 0.5) is 0 Å². The SMILES string of the molecule is CC(O)I(=O)=O. The number of alkyl halides is 1. The van der Waals surface area contributed by atoms with Crippen LogP contribution in [0.15, 0.2) is 0 Å². The summed E-state index contributed by atoms with van der Waals surface area (Å²) in [6.45, 7) is 1.24. The third-order valence-corrected chi connectivity index (χ3v) is 1.73. The molecule has 0 heterocycles. The summed E-state index contributed by atoms with van der Waals surface area (Å²) < 4.78 is 18.1. The zero-order valence-electron chi connectivity index (χ0n) is 3.22. The first-order valence-electron chi connectivity index (χ1n) is 1.36. The van der Waals surface area contributed by atoms with Crippen LogP contribution in [0, 0.1) is 0 Å². The fraction of sp³-hybridized carbons (Fsp3) is 1.00. The molecule has 0 aromatic carbocycles. The van der Waals surface area contributed by atoms with E-state index < -0.39 is 23.9 Å². The van der Waals surface area contributed by atoms with Crippen LogP contribution in [0.25, 0.3) is 0 Å². The molecule has 0 aliphatic heterocycles. The van der Waals surface area contributed by atoms with Gasteiger partial charge in [-0.2, -0.15) is 0 Å². The fourth-order valence-electron chi connectivity index (χ4n) is 0. The summed E-state index contributed by atoms with van der Waals surface area (Å²) in [4.78, 5) is 0. The second-order valence-corrected chi connectivity index (χ2v) is 3.99. The van der Waals surface area contributed by atoms with Crippen molar-refractivity contribution in [3.8, 4) is 0 Å². The number of rotatable bonds is 1. The van der Waals surface area contributed by atoms with E-state index in [-0.39, 0.29) is 0 Å². The van der Waals surface area contributed by atoms with Crippen LogP contribution >= 0.6 is 19.8 Å². The van der Waals surface area contributed by atoms with Gasteiger partial charge in [0.1, 0.15) is 0 Å². The zero-order valence-corrected chi connectivity index (χ0v) is 5.38. The van der Waals surface area contributed by atoms with Gasteiger partial charge < -0.3 is 5.11 Å². The number of aliphatic hydroxyl groups is 1. The molecule has 38 valence electrons. The Bertz CT molecular complexity index is 85.0. The van der Waals surface area contributed by atoms with E-state index >= 15 is 0 Å². The molecule has 1 N–H and O–H groups in total. The minimum Gasteiger partial charge on any atom is -0.377 e. The normalized spacial score (nSPS) is 15.2. The molecule has 4 heteroatoms. The lowest BCUT2D eigenvalue weighted by Gasteiger charge is -1.79. The Balaban J connectivity index is 3.57. The second kappa shape index (κ2) is 2.46. The van der Waals surface area contributed by atoms with Crippen LogP contribution in [0.5, 0.6) is 0 Å². The molecule has 0 rings (SSSR count). The number of hydrogen-bond donors (Lipinski definition) is 1. The number of halogens is 1. The maximum atomic E-state index is 9.58. The van der Waals surface area contributed by atoms with Crippen LogP contribution < -0.4 is 0 Å². The van der Waals surface area contributed by atoms with E-state index in [2.05, 4.69) is 0 Å². The molecule has 0 spiro atoms. The molecule has 0 radical (unpaired) electrons. The molecule has 0 saturated carbocycles. The van der Waals surface area contributed by atoms with Crippen LogP contribution in [0.3, 0.4) is 0 Å². The fourth-order valence-corrected chi connectivity index (χ4v) is 0. The van der Waals surface area contributed by atoms with Crippen molar-refractivity contribution in [2.75, 3.05) is 0 Å². The van der Waals surface area contributed by atoms with E-state index in [0.717, 1.165) is 0 Å². The molecule has 6 heavy (non-hydrogen) atoms. The summed E-state index contributed by atoms with van der Waals surface area (Å²) >= 11 is -3.33. The van der Waals surface area contributed by atoms with E-state index in [1.807, 2.05) is 0 Å². The lowest BCUT2D eigenvalue weighted by Crippen LogP contribution is -1.83. The lowest BCUT2D eigenvalue weighted by molar-refractivity contribution is 0.296. The molecule has 0 bridgehead atoms. The van der Waals surface area contributed by atoms with Crippen molar-refractivity contribution in [3.63, 3.8) is 0 Å². The van der Waals surface area contributed by atoms with E-state index in [9.17, 15) is 6.14 Å². The molecule has 0 aromatic rings. The Kier molecular flexibility index (Phi) is 2.58. The quantitative estimate of drug-likeness (QED) is 0.500. The van der Waals surface area contributed by atoms with Gasteiger partial charge in [-0.05, 0) is 6.92 Å². The largest absolute Gasteiger partial charge is 0.377 e. The maximum Gasteiger partial charge on any atom is 0.336 e. The first kappa shape index (κ1) is 6.29. The average molecular weight is 204 g/mol. The molecule has 3 nitrogen and oxygen atoms in total. The van der Waals surface area contributed by atoms with Crippen molar-refractivity contribution in [1.29, 1.82) is 0 Å². The van der Waals surface area contributed by atoms with E-state index in [1.165, 1.54) is 6.92 Å². The van der Waals surface area contributed by atoms with Gasteiger partial charge in [-0.3, -0.25) is 0 Å². The van der Waals surface area contributed by atoms with Crippen LogP contribution in [0.2, 0.25) is 0 Å². The smallest absolute Gasteiger partial charge is 0.336 e. The predicted molar refractivity (Wildman–Crippen MR) is 27.1 cm³/mol. The molecule has 1 unspecified atom stereocenters. The third kappa shape index (κ3) is 2.52. The Morgan fingerprint density at radius 2 is 1.83 bits per heavy atom. The Morgan fingerprint density at radius 1 is 1.67 bits per heavy atom. The van der Waals surface area contributed by atoms with Gasteiger partial charge in [0.2, 0.25) is 0 Å². The van der Waals surface area contributed by atoms with Crippen molar-refractivity contribution >= 4 is 19.8 Å². The minimum absolute atomic E-state index is 1.10. The third-order valence-electron chi connectivity index (χ3n) is 0.258. The Morgan fingerprint density at radius 3 is 1.83 bits per heavy atom. The minimum atomic E-state index is -3.33. The van der Waals surface area contributed by atoms with Gasteiger partial charge in [-0.1, -0.05) is 0 Å².